The van der Waals surface area contributed by atoms with E-state index in [2.05, 4.69) is 9.72 Å². The van der Waals surface area contributed by atoms with Gasteiger partial charge in [-0.25, -0.2) is 4.79 Å². The molecule has 2 aromatic rings. The second-order valence-electron chi connectivity index (χ2n) is 3.74. The number of halogens is 1. The van der Waals surface area contributed by atoms with Gasteiger partial charge in [-0.3, -0.25) is 4.98 Å². The molecule has 0 bridgehead atoms. The predicted octanol–water partition coefficient (Wildman–Crippen LogP) is 2.75. The fourth-order valence-electron chi connectivity index (χ4n) is 1.63. The Hall–Kier alpha value is -1.81. The maximum Gasteiger partial charge on any atom is 0.343 e. The van der Waals surface area contributed by atoms with Crippen LogP contribution in [-0.4, -0.2) is 24.7 Å². The Bertz CT molecular complexity index is 598. The minimum absolute atomic E-state index is 0.128. The number of carbonyl (C=O) groups excluding carboxylic acids is 1. The summed E-state index contributed by atoms with van der Waals surface area (Å²) in [6.45, 7) is 1.76. The van der Waals surface area contributed by atoms with Crippen LogP contribution in [0.25, 0.3) is 10.9 Å². The van der Waals surface area contributed by atoms with E-state index in [0.29, 0.717) is 10.8 Å². The first-order chi connectivity index (χ1) is 8.63. The lowest BCUT2D eigenvalue weighted by atomic mass is 10.1. The van der Waals surface area contributed by atoms with Gasteiger partial charge in [-0.2, -0.15) is 0 Å². The van der Waals surface area contributed by atoms with Gasteiger partial charge >= 0.3 is 5.97 Å². The second-order valence-corrected chi connectivity index (χ2v) is 4.15. The van der Waals surface area contributed by atoms with Crippen molar-refractivity contribution in [2.75, 3.05) is 13.7 Å². The highest BCUT2D eigenvalue weighted by atomic mass is 35.5. The van der Waals surface area contributed by atoms with E-state index < -0.39 is 5.97 Å². The van der Waals surface area contributed by atoms with Crippen LogP contribution in [0.3, 0.4) is 0 Å². The molecule has 4 nitrogen and oxygen atoms in total. The summed E-state index contributed by atoms with van der Waals surface area (Å²) >= 11 is 6.04. The molecule has 0 aliphatic heterocycles. The van der Waals surface area contributed by atoms with E-state index in [-0.39, 0.29) is 6.61 Å². The van der Waals surface area contributed by atoms with Crippen molar-refractivity contribution >= 4 is 28.5 Å². The topological polar surface area (TPSA) is 48.4 Å². The number of benzene rings is 1. The molecule has 5 heteroatoms. The summed E-state index contributed by atoms with van der Waals surface area (Å²) in [5, 5.41) is 1.48. The molecule has 0 N–H and O–H groups in total. The fraction of sp³-hybridized carbons (Fsp3) is 0.231. The lowest BCUT2D eigenvalue weighted by Gasteiger charge is -2.09. The smallest absolute Gasteiger partial charge is 0.343 e. The van der Waals surface area contributed by atoms with Gasteiger partial charge in [-0.1, -0.05) is 11.6 Å². The van der Waals surface area contributed by atoms with Gasteiger partial charge in [0.1, 0.15) is 5.75 Å². The number of esters is 1. The van der Waals surface area contributed by atoms with Crippen molar-refractivity contribution in [3.8, 4) is 5.75 Å². The molecular weight excluding hydrogens is 254 g/mol. The van der Waals surface area contributed by atoms with Crippen LogP contribution in [0.15, 0.2) is 24.4 Å². The summed E-state index contributed by atoms with van der Waals surface area (Å²) in [4.78, 5) is 15.3. The van der Waals surface area contributed by atoms with Crippen LogP contribution in [0.2, 0.25) is 5.02 Å². The molecule has 0 saturated heterocycles. The molecule has 0 aliphatic carbocycles. The maximum atomic E-state index is 11.1. The quantitative estimate of drug-likeness (QED) is 0.801. The van der Waals surface area contributed by atoms with Crippen molar-refractivity contribution in [3.63, 3.8) is 0 Å². The van der Waals surface area contributed by atoms with E-state index in [9.17, 15) is 4.79 Å². The molecule has 1 aromatic carbocycles. The average molecular weight is 266 g/mol. The van der Waals surface area contributed by atoms with Crippen LogP contribution in [0, 0.1) is 6.92 Å². The maximum absolute atomic E-state index is 11.1. The number of pyridine rings is 1. The lowest BCUT2D eigenvalue weighted by molar-refractivity contribution is -0.142. The minimum atomic E-state index is -0.425. The van der Waals surface area contributed by atoms with E-state index in [1.165, 1.54) is 7.11 Å². The van der Waals surface area contributed by atoms with Crippen molar-refractivity contribution in [1.82, 2.24) is 4.98 Å². The number of fused-ring (bicyclic) bond motifs is 1. The number of aryl methyl sites for hydroxylation is 1. The van der Waals surface area contributed by atoms with Gasteiger partial charge in [0.05, 0.1) is 12.6 Å². The molecule has 0 saturated carbocycles. The molecule has 0 aliphatic rings. The van der Waals surface area contributed by atoms with Gasteiger partial charge < -0.3 is 9.47 Å². The Morgan fingerprint density at radius 2 is 2.17 bits per heavy atom. The number of ether oxygens (including phenoxy) is 2. The van der Waals surface area contributed by atoms with Crippen molar-refractivity contribution < 1.29 is 14.3 Å². The van der Waals surface area contributed by atoms with Gasteiger partial charge in [0, 0.05) is 16.6 Å². The molecule has 1 aromatic heterocycles. The highest BCUT2D eigenvalue weighted by Gasteiger charge is 2.09. The number of carbonyl (C=O) groups is 1. The number of hydrogen-bond donors (Lipinski definition) is 0. The monoisotopic (exact) mass is 265 g/mol. The highest BCUT2D eigenvalue weighted by molar-refractivity contribution is 6.32. The lowest BCUT2D eigenvalue weighted by Crippen LogP contribution is -2.12. The van der Waals surface area contributed by atoms with E-state index in [0.717, 1.165) is 16.5 Å². The van der Waals surface area contributed by atoms with Crippen LogP contribution in [0.5, 0.6) is 5.75 Å². The van der Waals surface area contributed by atoms with Crippen molar-refractivity contribution in [1.29, 1.82) is 0 Å². The molecule has 0 amide bonds. The number of hydrogen-bond acceptors (Lipinski definition) is 4. The Morgan fingerprint density at radius 1 is 1.39 bits per heavy atom. The highest BCUT2D eigenvalue weighted by Crippen LogP contribution is 2.29. The summed E-state index contributed by atoms with van der Waals surface area (Å²) in [6.07, 6.45) is 1.62. The average Bonchev–Trinajstić information content (AvgIpc) is 2.40. The third-order valence-corrected chi connectivity index (χ3v) is 3.04. The first-order valence-corrected chi connectivity index (χ1v) is 5.74. The molecule has 0 radical (unpaired) electrons. The Labute approximate surface area is 109 Å². The van der Waals surface area contributed by atoms with Crippen LogP contribution < -0.4 is 4.74 Å². The third-order valence-electron chi connectivity index (χ3n) is 2.63. The first kappa shape index (κ1) is 12.6. The Balaban J connectivity index is 2.40. The summed E-state index contributed by atoms with van der Waals surface area (Å²) in [5.41, 5.74) is 1.66. The SMILES string of the molecule is COC(=O)COc1ccnc2c(C)c(Cl)ccc12. The molecule has 0 atom stereocenters. The summed E-state index contributed by atoms with van der Waals surface area (Å²) in [5.74, 6) is 0.163. The second kappa shape index (κ2) is 5.23. The van der Waals surface area contributed by atoms with Crippen molar-refractivity contribution in [2.45, 2.75) is 6.92 Å². The van der Waals surface area contributed by atoms with Crippen molar-refractivity contribution in [3.05, 3.63) is 35.0 Å². The molecule has 94 valence electrons. The van der Waals surface area contributed by atoms with Crippen LogP contribution in [0.4, 0.5) is 0 Å². The molecule has 0 spiro atoms. The van der Waals surface area contributed by atoms with Crippen LogP contribution in [0.1, 0.15) is 5.56 Å². The minimum Gasteiger partial charge on any atom is -0.481 e. The first-order valence-electron chi connectivity index (χ1n) is 5.37. The zero-order valence-electron chi connectivity index (χ0n) is 10.1. The fourth-order valence-corrected chi connectivity index (χ4v) is 1.78. The molecule has 18 heavy (non-hydrogen) atoms. The Kier molecular flexibility index (Phi) is 3.67. The molecule has 0 unspecified atom stereocenters. The summed E-state index contributed by atoms with van der Waals surface area (Å²) in [6, 6.07) is 5.31. The Morgan fingerprint density at radius 3 is 2.89 bits per heavy atom. The van der Waals surface area contributed by atoms with Crippen molar-refractivity contribution in [2.24, 2.45) is 0 Å². The van der Waals surface area contributed by atoms with Crippen LogP contribution >= 0.6 is 11.6 Å². The number of methoxy groups -OCH3 is 1. The predicted molar refractivity (Wildman–Crippen MR) is 69.0 cm³/mol. The zero-order chi connectivity index (χ0) is 13.1. The number of rotatable bonds is 3. The summed E-state index contributed by atoms with van der Waals surface area (Å²) < 4.78 is 9.94. The molecule has 2 rings (SSSR count). The number of aromatic nitrogens is 1. The van der Waals surface area contributed by atoms with E-state index in [1.807, 2.05) is 13.0 Å². The molecule has 0 fully saturated rings. The van der Waals surface area contributed by atoms with Gasteiger partial charge in [-0.05, 0) is 30.7 Å². The normalized spacial score (nSPS) is 10.4. The molecule has 1 heterocycles. The van der Waals surface area contributed by atoms with Gasteiger partial charge in [0.25, 0.3) is 0 Å². The third kappa shape index (κ3) is 2.38. The van der Waals surface area contributed by atoms with Gasteiger partial charge in [-0.15, -0.1) is 0 Å². The van der Waals surface area contributed by atoms with Gasteiger partial charge in [0.15, 0.2) is 6.61 Å². The zero-order valence-corrected chi connectivity index (χ0v) is 10.8. The van der Waals surface area contributed by atoms with E-state index in [1.54, 1.807) is 18.3 Å². The standard InChI is InChI=1S/C13H12ClNO3/c1-8-10(14)4-3-9-11(5-6-15-13(8)9)18-7-12(16)17-2/h3-6H,7H2,1-2H3. The van der Waals surface area contributed by atoms with E-state index >= 15 is 0 Å². The largest absolute Gasteiger partial charge is 0.481 e. The summed E-state index contributed by atoms with van der Waals surface area (Å²) in [7, 11) is 1.32. The number of nitrogens with zero attached hydrogens (tertiary/aromatic N) is 1. The molecular formula is C13H12ClNO3. The van der Waals surface area contributed by atoms with E-state index in [4.69, 9.17) is 16.3 Å². The van der Waals surface area contributed by atoms with Gasteiger partial charge in [0.2, 0.25) is 0 Å². The van der Waals surface area contributed by atoms with Crippen LogP contribution in [-0.2, 0) is 9.53 Å².